The number of hydrogen-bond donors (Lipinski definition) is 0. The van der Waals surface area contributed by atoms with E-state index in [0.29, 0.717) is 18.4 Å². The topological polar surface area (TPSA) is 0 Å². The third kappa shape index (κ3) is 1.22. The fourth-order valence-corrected chi connectivity index (χ4v) is 1.98. The second-order valence-electron chi connectivity index (χ2n) is 3.07. The molecule has 0 heterocycles. The maximum Gasteiger partial charge on any atom is 0.194 e. The molecule has 0 radical (unpaired) electrons. The lowest BCUT2D eigenvalue weighted by atomic mass is 10.1. The predicted molar refractivity (Wildman–Crippen MR) is 43.2 cm³/mol. The first-order valence-electron chi connectivity index (χ1n) is 3.91. The van der Waals surface area contributed by atoms with Gasteiger partial charge in [0.1, 0.15) is 0 Å². The first-order chi connectivity index (χ1) is 6.11. The first kappa shape index (κ1) is 8.88. The first-order valence-corrected chi connectivity index (χ1v) is 4.35. The summed E-state index contributed by atoms with van der Waals surface area (Å²) in [5.74, 6) is -3.69. The molecular weight excluding hydrogens is 201 g/mol. The van der Waals surface area contributed by atoms with Crippen LogP contribution in [0.4, 0.5) is 13.2 Å². The Morgan fingerprint density at radius 3 is 2.62 bits per heavy atom. The monoisotopic (exact) mass is 206 g/mol. The van der Waals surface area contributed by atoms with Crippen molar-refractivity contribution in [2.45, 2.75) is 18.2 Å². The summed E-state index contributed by atoms with van der Waals surface area (Å²) in [5, 5.41) is -0.523. The number of hydrogen-bond acceptors (Lipinski definition) is 0. The minimum absolute atomic E-state index is 0.126. The molecule has 4 heteroatoms. The highest BCUT2D eigenvalue weighted by Gasteiger charge is 2.28. The van der Waals surface area contributed by atoms with Crippen molar-refractivity contribution in [3.05, 3.63) is 34.6 Å². The summed E-state index contributed by atoms with van der Waals surface area (Å²) >= 11 is 5.74. The Morgan fingerprint density at radius 2 is 1.92 bits per heavy atom. The van der Waals surface area contributed by atoms with Crippen molar-refractivity contribution in [2.24, 2.45) is 0 Å². The van der Waals surface area contributed by atoms with Crippen LogP contribution in [0.15, 0.2) is 6.07 Å². The zero-order valence-corrected chi connectivity index (χ0v) is 7.34. The van der Waals surface area contributed by atoms with E-state index in [2.05, 4.69) is 0 Å². The summed E-state index contributed by atoms with van der Waals surface area (Å²) in [5.41, 5.74) is 0.608. The molecule has 1 aromatic rings. The van der Waals surface area contributed by atoms with E-state index in [4.69, 9.17) is 11.6 Å². The molecule has 1 aromatic carbocycles. The molecule has 0 aromatic heterocycles. The van der Waals surface area contributed by atoms with E-state index in [9.17, 15) is 13.2 Å². The van der Waals surface area contributed by atoms with Crippen LogP contribution in [0.25, 0.3) is 0 Å². The van der Waals surface area contributed by atoms with Gasteiger partial charge in [-0.3, -0.25) is 0 Å². The molecule has 0 saturated carbocycles. The zero-order valence-electron chi connectivity index (χ0n) is 6.58. The van der Waals surface area contributed by atoms with Crippen LogP contribution in [0.1, 0.15) is 22.9 Å². The van der Waals surface area contributed by atoms with Crippen LogP contribution in [0, 0.1) is 17.5 Å². The second kappa shape index (κ2) is 2.91. The molecule has 0 nitrogen and oxygen atoms in total. The summed E-state index contributed by atoms with van der Waals surface area (Å²) < 4.78 is 38.6. The van der Waals surface area contributed by atoms with E-state index < -0.39 is 22.8 Å². The average molecular weight is 207 g/mol. The minimum atomic E-state index is -1.42. The molecule has 13 heavy (non-hydrogen) atoms. The van der Waals surface area contributed by atoms with Gasteiger partial charge >= 0.3 is 0 Å². The molecule has 0 bridgehead atoms. The quantitative estimate of drug-likeness (QED) is 0.451. The minimum Gasteiger partial charge on any atom is -0.204 e. The second-order valence-corrected chi connectivity index (χ2v) is 3.59. The molecular formula is C9H6ClF3. The molecule has 0 amide bonds. The summed E-state index contributed by atoms with van der Waals surface area (Å²) in [7, 11) is 0. The summed E-state index contributed by atoms with van der Waals surface area (Å²) in [4.78, 5) is 0. The number of halogens is 4. The molecule has 0 fully saturated rings. The van der Waals surface area contributed by atoms with Gasteiger partial charge in [-0.05, 0) is 24.5 Å². The standard InChI is InChI=1S/C9H6ClF3/c10-5-2-1-4-3-6(11)8(12)9(13)7(4)5/h3,5H,1-2H2. The third-order valence-electron chi connectivity index (χ3n) is 2.27. The van der Waals surface area contributed by atoms with E-state index in [1.807, 2.05) is 0 Å². The van der Waals surface area contributed by atoms with Gasteiger partial charge in [0.15, 0.2) is 17.5 Å². The molecule has 1 aliphatic carbocycles. The van der Waals surface area contributed by atoms with Crippen molar-refractivity contribution >= 4 is 11.6 Å². The van der Waals surface area contributed by atoms with Crippen LogP contribution < -0.4 is 0 Å². The molecule has 1 unspecified atom stereocenters. The fraction of sp³-hybridized carbons (Fsp3) is 0.333. The van der Waals surface area contributed by atoms with Crippen LogP contribution in [0.2, 0.25) is 0 Å². The predicted octanol–water partition coefficient (Wildman–Crippen LogP) is 3.33. The van der Waals surface area contributed by atoms with Gasteiger partial charge in [-0.1, -0.05) is 0 Å². The molecule has 0 N–H and O–H groups in total. The van der Waals surface area contributed by atoms with Crippen LogP contribution in [-0.2, 0) is 6.42 Å². The Morgan fingerprint density at radius 1 is 1.23 bits per heavy atom. The fourth-order valence-electron chi connectivity index (χ4n) is 1.63. The summed E-state index contributed by atoms with van der Waals surface area (Å²) in [6.07, 6.45) is 1.05. The zero-order chi connectivity index (χ0) is 9.59. The number of benzene rings is 1. The maximum absolute atomic E-state index is 13.1. The summed E-state index contributed by atoms with van der Waals surface area (Å²) in [6, 6.07) is 1.02. The molecule has 0 aliphatic heterocycles. The SMILES string of the molecule is Fc1cc2c(c(F)c1F)C(Cl)CC2. The third-order valence-corrected chi connectivity index (χ3v) is 2.70. The molecule has 0 saturated heterocycles. The van der Waals surface area contributed by atoms with Crippen molar-refractivity contribution < 1.29 is 13.2 Å². The normalized spacial score (nSPS) is 20.5. The molecule has 0 spiro atoms. The van der Waals surface area contributed by atoms with Gasteiger partial charge in [0, 0.05) is 5.56 Å². The van der Waals surface area contributed by atoms with Gasteiger partial charge in [-0.2, -0.15) is 0 Å². The lowest BCUT2D eigenvalue weighted by Gasteiger charge is -2.05. The Balaban J connectivity index is 2.68. The van der Waals surface area contributed by atoms with Crippen LogP contribution in [-0.4, -0.2) is 0 Å². The molecule has 1 aliphatic rings. The van der Waals surface area contributed by atoms with Crippen molar-refractivity contribution in [1.29, 1.82) is 0 Å². The molecule has 70 valence electrons. The van der Waals surface area contributed by atoms with Crippen LogP contribution >= 0.6 is 11.6 Å². The Bertz CT molecular complexity index is 362. The van der Waals surface area contributed by atoms with Gasteiger partial charge in [0.2, 0.25) is 0 Å². The van der Waals surface area contributed by atoms with Crippen LogP contribution in [0.3, 0.4) is 0 Å². The van der Waals surface area contributed by atoms with E-state index in [1.54, 1.807) is 0 Å². The lowest BCUT2D eigenvalue weighted by Crippen LogP contribution is -1.98. The molecule has 2 rings (SSSR count). The highest BCUT2D eigenvalue weighted by Crippen LogP contribution is 2.39. The lowest BCUT2D eigenvalue weighted by molar-refractivity contribution is 0.441. The van der Waals surface area contributed by atoms with Gasteiger partial charge in [0.05, 0.1) is 5.38 Å². The van der Waals surface area contributed by atoms with Crippen molar-refractivity contribution in [3.63, 3.8) is 0 Å². The van der Waals surface area contributed by atoms with Gasteiger partial charge in [-0.25, -0.2) is 13.2 Å². The summed E-state index contributed by atoms with van der Waals surface area (Å²) in [6.45, 7) is 0. The van der Waals surface area contributed by atoms with Gasteiger partial charge < -0.3 is 0 Å². The van der Waals surface area contributed by atoms with Crippen LogP contribution in [0.5, 0.6) is 0 Å². The van der Waals surface area contributed by atoms with Crippen molar-refractivity contribution in [2.75, 3.05) is 0 Å². The number of fused-ring (bicyclic) bond motifs is 1. The number of rotatable bonds is 0. The number of alkyl halides is 1. The average Bonchev–Trinajstić information content (AvgIpc) is 2.43. The van der Waals surface area contributed by atoms with Gasteiger partial charge in [0.25, 0.3) is 0 Å². The van der Waals surface area contributed by atoms with E-state index in [1.165, 1.54) is 0 Å². The largest absolute Gasteiger partial charge is 0.204 e. The molecule has 1 atom stereocenters. The van der Waals surface area contributed by atoms with E-state index in [-0.39, 0.29) is 5.56 Å². The highest BCUT2D eigenvalue weighted by atomic mass is 35.5. The highest BCUT2D eigenvalue weighted by molar-refractivity contribution is 6.21. The smallest absolute Gasteiger partial charge is 0.194 e. The Labute approximate surface area is 78.3 Å². The Hall–Kier alpha value is -0.700. The number of aryl methyl sites for hydroxylation is 1. The maximum atomic E-state index is 13.1. The van der Waals surface area contributed by atoms with Crippen molar-refractivity contribution in [3.8, 4) is 0 Å². The van der Waals surface area contributed by atoms with E-state index >= 15 is 0 Å². The van der Waals surface area contributed by atoms with Crippen molar-refractivity contribution in [1.82, 2.24) is 0 Å². The van der Waals surface area contributed by atoms with E-state index in [0.717, 1.165) is 6.07 Å². The van der Waals surface area contributed by atoms with Gasteiger partial charge in [-0.15, -0.1) is 11.6 Å². The Kier molecular flexibility index (Phi) is 1.99.